The molecule has 0 radical (unpaired) electrons. The molecule has 0 bridgehead atoms. The average Bonchev–Trinajstić information content (AvgIpc) is 2.70. The van der Waals surface area contributed by atoms with Gasteiger partial charge in [-0.1, -0.05) is 36.8 Å². The zero-order valence-corrected chi connectivity index (χ0v) is 11.1. The first kappa shape index (κ1) is 12.6. The predicted octanol–water partition coefficient (Wildman–Crippen LogP) is 2.72. The van der Waals surface area contributed by atoms with Crippen LogP contribution in [0, 0.1) is 6.92 Å². The van der Waals surface area contributed by atoms with Crippen molar-refractivity contribution < 1.29 is 4.79 Å². The van der Waals surface area contributed by atoms with Crippen molar-refractivity contribution in [2.24, 2.45) is 7.05 Å². The van der Waals surface area contributed by atoms with Crippen LogP contribution in [-0.4, -0.2) is 15.6 Å². The van der Waals surface area contributed by atoms with E-state index in [-0.39, 0.29) is 5.78 Å². The molecule has 0 spiro atoms. The summed E-state index contributed by atoms with van der Waals surface area (Å²) in [6.07, 6.45) is 1.29. The Morgan fingerprint density at radius 1 is 1.33 bits per heavy atom. The zero-order valence-electron chi connectivity index (χ0n) is 11.1. The highest BCUT2D eigenvalue weighted by atomic mass is 16.1. The van der Waals surface area contributed by atoms with Gasteiger partial charge in [0.2, 0.25) is 0 Å². The Morgan fingerprint density at radius 2 is 2.11 bits per heavy atom. The third-order valence-corrected chi connectivity index (χ3v) is 3.03. The summed E-state index contributed by atoms with van der Waals surface area (Å²) in [5, 5.41) is 4.31. The van der Waals surface area contributed by atoms with Crippen LogP contribution in [0.15, 0.2) is 30.3 Å². The second kappa shape index (κ2) is 5.17. The summed E-state index contributed by atoms with van der Waals surface area (Å²) in [7, 11) is 1.82. The van der Waals surface area contributed by atoms with Crippen LogP contribution in [0.25, 0.3) is 0 Å². The quantitative estimate of drug-likeness (QED) is 0.773. The Kier molecular flexibility index (Phi) is 3.60. The van der Waals surface area contributed by atoms with Gasteiger partial charge in [0.1, 0.15) is 5.69 Å². The maximum absolute atomic E-state index is 12.2. The van der Waals surface area contributed by atoms with Gasteiger partial charge in [0, 0.05) is 13.5 Å². The average molecular weight is 242 g/mol. The number of hydrogen-bond acceptors (Lipinski definition) is 2. The SMILES string of the molecule is CCc1cc(C(=O)Cc2cccc(C)c2)n(C)n1. The number of aryl methyl sites for hydroxylation is 3. The highest BCUT2D eigenvalue weighted by Gasteiger charge is 2.13. The lowest BCUT2D eigenvalue weighted by atomic mass is 10.0. The molecule has 0 amide bonds. The van der Waals surface area contributed by atoms with E-state index in [1.807, 2.05) is 45.2 Å². The molecule has 18 heavy (non-hydrogen) atoms. The summed E-state index contributed by atoms with van der Waals surface area (Å²) < 4.78 is 1.68. The van der Waals surface area contributed by atoms with E-state index >= 15 is 0 Å². The van der Waals surface area contributed by atoms with Crippen molar-refractivity contribution in [1.82, 2.24) is 9.78 Å². The van der Waals surface area contributed by atoms with Gasteiger partial charge in [-0.25, -0.2) is 0 Å². The van der Waals surface area contributed by atoms with Crippen LogP contribution in [0.1, 0.15) is 34.2 Å². The number of Topliss-reactive ketones (excluding diaryl/α,β-unsaturated/α-hetero) is 1. The summed E-state index contributed by atoms with van der Waals surface area (Å²) in [5.41, 5.74) is 3.89. The smallest absolute Gasteiger partial charge is 0.185 e. The molecule has 0 aliphatic rings. The van der Waals surface area contributed by atoms with Crippen LogP contribution in [0.2, 0.25) is 0 Å². The highest BCUT2D eigenvalue weighted by molar-refractivity contribution is 5.96. The zero-order chi connectivity index (χ0) is 13.1. The molecule has 3 nitrogen and oxygen atoms in total. The van der Waals surface area contributed by atoms with Gasteiger partial charge in [-0.15, -0.1) is 0 Å². The summed E-state index contributed by atoms with van der Waals surface area (Å²) in [6, 6.07) is 9.95. The van der Waals surface area contributed by atoms with Crippen molar-refractivity contribution in [1.29, 1.82) is 0 Å². The minimum Gasteiger partial charge on any atom is -0.292 e. The molecule has 0 N–H and O–H groups in total. The molecule has 0 aliphatic carbocycles. The molecular formula is C15H18N2O. The van der Waals surface area contributed by atoms with Gasteiger partial charge in [0.25, 0.3) is 0 Å². The fraction of sp³-hybridized carbons (Fsp3) is 0.333. The fourth-order valence-corrected chi connectivity index (χ4v) is 2.06. The molecule has 0 aliphatic heterocycles. The Bertz CT molecular complexity index is 570. The summed E-state index contributed by atoms with van der Waals surface area (Å²) in [6.45, 7) is 4.07. The largest absolute Gasteiger partial charge is 0.292 e. The molecule has 0 unspecified atom stereocenters. The molecule has 0 saturated heterocycles. The van der Waals surface area contributed by atoms with Gasteiger partial charge in [0.05, 0.1) is 5.69 Å². The summed E-state index contributed by atoms with van der Waals surface area (Å²) in [4.78, 5) is 12.2. The van der Waals surface area contributed by atoms with Gasteiger partial charge >= 0.3 is 0 Å². The van der Waals surface area contributed by atoms with E-state index in [9.17, 15) is 4.79 Å². The van der Waals surface area contributed by atoms with Crippen LogP contribution >= 0.6 is 0 Å². The third kappa shape index (κ3) is 2.67. The second-order valence-corrected chi connectivity index (χ2v) is 4.59. The lowest BCUT2D eigenvalue weighted by Gasteiger charge is -2.02. The van der Waals surface area contributed by atoms with Gasteiger partial charge < -0.3 is 0 Å². The first-order valence-electron chi connectivity index (χ1n) is 6.22. The Labute approximate surface area is 107 Å². The molecule has 0 saturated carbocycles. The lowest BCUT2D eigenvalue weighted by Crippen LogP contribution is -2.09. The normalized spacial score (nSPS) is 10.6. The number of carbonyl (C=O) groups excluding carboxylic acids is 1. The second-order valence-electron chi connectivity index (χ2n) is 4.59. The van der Waals surface area contributed by atoms with E-state index < -0.39 is 0 Å². The van der Waals surface area contributed by atoms with E-state index in [0.29, 0.717) is 12.1 Å². The van der Waals surface area contributed by atoms with Gasteiger partial charge in [-0.05, 0) is 25.0 Å². The van der Waals surface area contributed by atoms with E-state index in [0.717, 1.165) is 17.7 Å². The standard InChI is InChI=1S/C15H18N2O/c1-4-13-10-14(17(3)16-13)15(18)9-12-7-5-6-11(2)8-12/h5-8,10H,4,9H2,1-3H3. The van der Waals surface area contributed by atoms with Gasteiger partial charge in [-0.2, -0.15) is 5.10 Å². The maximum Gasteiger partial charge on any atom is 0.185 e. The van der Waals surface area contributed by atoms with Crippen LogP contribution in [0.5, 0.6) is 0 Å². The molecular weight excluding hydrogens is 224 g/mol. The minimum absolute atomic E-state index is 0.121. The number of rotatable bonds is 4. The van der Waals surface area contributed by atoms with Gasteiger partial charge in [0.15, 0.2) is 5.78 Å². The van der Waals surface area contributed by atoms with E-state index in [4.69, 9.17) is 0 Å². The van der Waals surface area contributed by atoms with Crippen LogP contribution in [0.4, 0.5) is 0 Å². The summed E-state index contributed by atoms with van der Waals surface area (Å²) in [5.74, 6) is 0.121. The van der Waals surface area contributed by atoms with Gasteiger partial charge in [-0.3, -0.25) is 9.48 Å². The minimum atomic E-state index is 0.121. The number of aromatic nitrogens is 2. The molecule has 3 heteroatoms. The lowest BCUT2D eigenvalue weighted by molar-refractivity contribution is 0.0984. The van der Waals surface area contributed by atoms with E-state index in [2.05, 4.69) is 11.2 Å². The molecule has 94 valence electrons. The van der Waals surface area contributed by atoms with E-state index in [1.165, 1.54) is 5.56 Å². The molecule has 1 aromatic heterocycles. The van der Waals surface area contributed by atoms with Crippen molar-refractivity contribution >= 4 is 5.78 Å². The number of carbonyl (C=O) groups is 1. The van der Waals surface area contributed by atoms with Crippen LogP contribution in [-0.2, 0) is 19.9 Å². The predicted molar refractivity (Wildman–Crippen MR) is 71.8 cm³/mol. The van der Waals surface area contributed by atoms with Crippen LogP contribution < -0.4 is 0 Å². The number of nitrogens with zero attached hydrogens (tertiary/aromatic N) is 2. The molecule has 2 rings (SSSR count). The number of ketones is 1. The third-order valence-electron chi connectivity index (χ3n) is 3.03. The van der Waals surface area contributed by atoms with Crippen molar-refractivity contribution in [2.45, 2.75) is 26.7 Å². The number of hydrogen-bond donors (Lipinski definition) is 0. The highest BCUT2D eigenvalue weighted by Crippen LogP contribution is 2.11. The van der Waals surface area contributed by atoms with Crippen molar-refractivity contribution in [3.8, 4) is 0 Å². The number of benzene rings is 1. The van der Waals surface area contributed by atoms with E-state index in [1.54, 1.807) is 4.68 Å². The Hall–Kier alpha value is -1.90. The monoisotopic (exact) mass is 242 g/mol. The Morgan fingerprint density at radius 3 is 2.72 bits per heavy atom. The molecule has 0 fully saturated rings. The molecule has 1 aromatic carbocycles. The van der Waals surface area contributed by atoms with Crippen molar-refractivity contribution in [2.75, 3.05) is 0 Å². The molecule has 0 atom stereocenters. The van der Waals surface area contributed by atoms with Crippen molar-refractivity contribution in [3.05, 3.63) is 52.8 Å². The topological polar surface area (TPSA) is 34.9 Å². The first-order valence-corrected chi connectivity index (χ1v) is 6.22. The van der Waals surface area contributed by atoms with Crippen molar-refractivity contribution in [3.63, 3.8) is 0 Å². The molecule has 1 heterocycles. The maximum atomic E-state index is 12.2. The van der Waals surface area contributed by atoms with Crippen LogP contribution in [0.3, 0.4) is 0 Å². The molecule has 2 aromatic rings. The summed E-state index contributed by atoms with van der Waals surface area (Å²) >= 11 is 0. The first-order chi connectivity index (χ1) is 8.60. The fourth-order valence-electron chi connectivity index (χ4n) is 2.06. The Balaban J connectivity index is 2.19.